The molecule has 0 amide bonds. The van der Waals surface area contributed by atoms with Gasteiger partial charge < -0.3 is 5.11 Å². The monoisotopic (exact) mass is 316 g/mol. The Bertz CT molecular complexity index is 469. The van der Waals surface area contributed by atoms with E-state index in [0.29, 0.717) is 0 Å². The van der Waals surface area contributed by atoms with E-state index in [1.807, 2.05) is 0 Å². The van der Waals surface area contributed by atoms with E-state index in [1.165, 1.54) is 70.6 Å². The second-order valence-electron chi connectivity index (χ2n) is 11.6. The predicted octanol–water partition coefficient (Wildman–Crippen LogP) is 5.56. The van der Waals surface area contributed by atoms with Crippen LogP contribution in [0.25, 0.3) is 0 Å². The summed E-state index contributed by atoms with van der Waals surface area (Å²) < 4.78 is 0. The first kappa shape index (κ1) is 15.2. The molecular formula is C22H36O. The van der Waals surface area contributed by atoms with Crippen LogP contribution in [0.2, 0.25) is 0 Å². The number of aliphatic hydroxyl groups is 1. The Morgan fingerprint density at radius 2 is 1.13 bits per heavy atom. The lowest BCUT2D eigenvalue weighted by molar-refractivity contribution is -0.276. The van der Waals surface area contributed by atoms with Gasteiger partial charge in [0.2, 0.25) is 0 Å². The molecule has 130 valence electrons. The summed E-state index contributed by atoms with van der Waals surface area (Å²) in [6, 6.07) is 0. The highest BCUT2D eigenvalue weighted by molar-refractivity contribution is 5.22. The van der Waals surface area contributed by atoms with Crippen LogP contribution in [0.15, 0.2) is 0 Å². The second-order valence-corrected chi connectivity index (χ2v) is 11.6. The molecule has 1 N–H and O–H groups in total. The third-order valence-electron chi connectivity index (χ3n) is 9.40. The summed E-state index contributed by atoms with van der Waals surface area (Å²) in [5.41, 5.74) is 0.0764. The summed E-state index contributed by atoms with van der Waals surface area (Å²) in [5.74, 6) is 3.73. The van der Waals surface area contributed by atoms with Crippen LogP contribution in [0.4, 0.5) is 0 Å². The van der Waals surface area contributed by atoms with Gasteiger partial charge in [0.25, 0.3) is 0 Å². The molecule has 0 aromatic heterocycles. The van der Waals surface area contributed by atoms with E-state index >= 15 is 0 Å². The van der Waals surface area contributed by atoms with Gasteiger partial charge in [-0.05, 0) is 99.7 Å². The molecule has 1 heteroatoms. The fourth-order valence-corrected chi connectivity index (χ4v) is 9.41. The minimum Gasteiger partial charge on any atom is -0.388 e. The molecule has 23 heavy (non-hydrogen) atoms. The average Bonchev–Trinajstić information content (AvgIpc) is 3.05. The lowest BCUT2D eigenvalue weighted by Gasteiger charge is -2.69. The zero-order chi connectivity index (χ0) is 16.1. The molecule has 6 fully saturated rings. The van der Waals surface area contributed by atoms with E-state index < -0.39 is 5.60 Å². The molecule has 0 saturated heterocycles. The summed E-state index contributed by atoms with van der Waals surface area (Å²) in [4.78, 5) is 0. The van der Waals surface area contributed by atoms with Crippen LogP contribution in [0.3, 0.4) is 0 Å². The van der Waals surface area contributed by atoms with Gasteiger partial charge >= 0.3 is 0 Å². The summed E-state index contributed by atoms with van der Waals surface area (Å²) in [7, 11) is 0. The van der Waals surface area contributed by atoms with E-state index in [-0.39, 0.29) is 16.2 Å². The molecule has 1 nitrogen and oxygen atoms in total. The number of rotatable bonds is 2. The molecule has 6 aliphatic rings. The summed E-state index contributed by atoms with van der Waals surface area (Å²) in [6.45, 7) is 7.10. The third-order valence-corrected chi connectivity index (χ3v) is 9.40. The molecule has 6 saturated carbocycles. The lowest BCUT2D eigenvalue weighted by Crippen LogP contribution is -2.69. The maximum Gasteiger partial charge on any atom is 0.0807 e. The molecule has 6 rings (SSSR count). The van der Waals surface area contributed by atoms with Crippen LogP contribution in [0.5, 0.6) is 0 Å². The van der Waals surface area contributed by atoms with Crippen molar-refractivity contribution in [1.29, 1.82) is 0 Å². The SMILES string of the molecule is CC(C)(C)C(O)(C12CCC(CC1)C2)C12CC3CC(CC(C3)C1)C2. The third kappa shape index (κ3) is 1.74. The van der Waals surface area contributed by atoms with E-state index in [0.717, 1.165) is 23.7 Å². The topological polar surface area (TPSA) is 20.2 Å². The molecule has 0 aromatic carbocycles. The first-order chi connectivity index (χ1) is 10.8. The van der Waals surface area contributed by atoms with Gasteiger partial charge in [-0.3, -0.25) is 0 Å². The van der Waals surface area contributed by atoms with Crippen molar-refractivity contribution in [2.45, 2.75) is 97.0 Å². The van der Waals surface area contributed by atoms with Crippen molar-refractivity contribution in [2.75, 3.05) is 0 Å². The molecule has 1 atom stereocenters. The first-order valence-corrected chi connectivity index (χ1v) is 10.5. The van der Waals surface area contributed by atoms with E-state index in [4.69, 9.17) is 0 Å². The van der Waals surface area contributed by atoms with Crippen LogP contribution in [-0.4, -0.2) is 10.7 Å². The average molecular weight is 317 g/mol. The van der Waals surface area contributed by atoms with Crippen molar-refractivity contribution in [1.82, 2.24) is 0 Å². The second kappa shape index (κ2) is 4.37. The molecule has 6 bridgehead atoms. The maximum absolute atomic E-state index is 12.7. The normalized spacial score (nSPS) is 53.7. The molecule has 0 heterocycles. The largest absolute Gasteiger partial charge is 0.388 e. The molecule has 0 spiro atoms. The van der Waals surface area contributed by atoms with Crippen molar-refractivity contribution in [2.24, 2.45) is 39.9 Å². The van der Waals surface area contributed by atoms with Gasteiger partial charge in [0.15, 0.2) is 0 Å². The minimum atomic E-state index is -0.436. The summed E-state index contributed by atoms with van der Waals surface area (Å²) >= 11 is 0. The number of fused-ring (bicyclic) bond motifs is 2. The first-order valence-electron chi connectivity index (χ1n) is 10.5. The van der Waals surface area contributed by atoms with Crippen LogP contribution in [0, 0.1) is 39.9 Å². The van der Waals surface area contributed by atoms with Crippen LogP contribution in [-0.2, 0) is 0 Å². The Morgan fingerprint density at radius 1 is 0.696 bits per heavy atom. The molecule has 0 aromatic rings. The molecular weight excluding hydrogens is 280 g/mol. The summed E-state index contributed by atoms with van der Waals surface area (Å²) in [6.07, 6.45) is 15.2. The molecule has 1 unspecified atom stereocenters. The van der Waals surface area contributed by atoms with E-state index in [1.54, 1.807) is 0 Å². The van der Waals surface area contributed by atoms with Crippen LogP contribution >= 0.6 is 0 Å². The van der Waals surface area contributed by atoms with Crippen molar-refractivity contribution in [3.63, 3.8) is 0 Å². The van der Waals surface area contributed by atoms with Crippen molar-refractivity contribution < 1.29 is 5.11 Å². The van der Waals surface area contributed by atoms with E-state index in [9.17, 15) is 5.11 Å². The Labute approximate surface area is 142 Å². The van der Waals surface area contributed by atoms with Crippen LogP contribution in [0.1, 0.15) is 91.4 Å². The molecule has 6 aliphatic carbocycles. The highest BCUT2D eigenvalue weighted by Crippen LogP contribution is 2.74. The van der Waals surface area contributed by atoms with Crippen molar-refractivity contribution in [3.8, 4) is 0 Å². The molecule has 0 radical (unpaired) electrons. The van der Waals surface area contributed by atoms with Gasteiger partial charge in [-0.15, -0.1) is 0 Å². The fourth-order valence-electron chi connectivity index (χ4n) is 9.41. The van der Waals surface area contributed by atoms with Gasteiger partial charge in [-0.2, -0.15) is 0 Å². The number of hydrogen-bond donors (Lipinski definition) is 1. The summed E-state index contributed by atoms with van der Waals surface area (Å²) in [5, 5.41) is 12.7. The Kier molecular flexibility index (Phi) is 2.90. The van der Waals surface area contributed by atoms with Gasteiger partial charge in [-0.1, -0.05) is 20.8 Å². The predicted molar refractivity (Wildman–Crippen MR) is 94.0 cm³/mol. The Balaban J connectivity index is 1.64. The van der Waals surface area contributed by atoms with Gasteiger partial charge in [0, 0.05) is 10.8 Å². The van der Waals surface area contributed by atoms with Gasteiger partial charge in [-0.25, -0.2) is 0 Å². The fraction of sp³-hybridized carbons (Fsp3) is 1.00. The van der Waals surface area contributed by atoms with Crippen molar-refractivity contribution >= 4 is 0 Å². The Hall–Kier alpha value is -0.0400. The highest BCUT2D eigenvalue weighted by Gasteiger charge is 2.72. The standard InChI is InChI=1S/C22H36O/c1-19(2,3)22(23,20-6-4-15(11-20)5-7-20)21-12-16-8-17(13-21)10-18(9-16)14-21/h15-18,23H,4-14H2,1-3H3. The van der Waals surface area contributed by atoms with Gasteiger partial charge in [0.1, 0.15) is 0 Å². The maximum atomic E-state index is 12.7. The zero-order valence-corrected chi connectivity index (χ0v) is 15.5. The van der Waals surface area contributed by atoms with Crippen molar-refractivity contribution in [3.05, 3.63) is 0 Å². The molecule has 0 aliphatic heterocycles. The minimum absolute atomic E-state index is 0.0118. The Morgan fingerprint density at radius 3 is 1.48 bits per heavy atom. The van der Waals surface area contributed by atoms with Gasteiger partial charge in [0.05, 0.1) is 5.60 Å². The lowest BCUT2D eigenvalue weighted by atomic mass is 9.38. The highest BCUT2D eigenvalue weighted by atomic mass is 16.3. The number of hydrogen-bond acceptors (Lipinski definition) is 1. The zero-order valence-electron chi connectivity index (χ0n) is 15.5. The van der Waals surface area contributed by atoms with E-state index in [2.05, 4.69) is 20.8 Å². The quantitative estimate of drug-likeness (QED) is 0.707. The van der Waals surface area contributed by atoms with Crippen LogP contribution < -0.4 is 0 Å². The smallest absolute Gasteiger partial charge is 0.0807 e.